The Kier molecular flexibility index (Phi) is 4.84. The normalized spacial score (nSPS) is 23.1. The van der Waals surface area contributed by atoms with Gasteiger partial charge in [0.15, 0.2) is 0 Å². The summed E-state index contributed by atoms with van der Waals surface area (Å²) in [5.41, 5.74) is 4.36. The van der Waals surface area contributed by atoms with Crippen LogP contribution in [0, 0.1) is 12.8 Å². The van der Waals surface area contributed by atoms with Gasteiger partial charge in [-0.3, -0.25) is 0 Å². The molecule has 1 aliphatic carbocycles. The molecule has 0 aromatic heterocycles. The van der Waals surface area contributed by atoms with Crippen LogP contribution in [0.2, 0.25) is 0 Å². The molecule has 0 amide bonds. The molecular formula is C19H30N2. The van der Waals surface area contributed by atoms with Crippen LogP contribution in [0.1, 0.15) is 56.6 Å². The number of aryl methyl sites for hydroxylation is 1. The molecule has 1 saturated carbocycles. The van der Waals surface area contributed by atoms with Crippen LogP contribution in [0.25, 0.3) is 0 Å². The average Bonchev–Trinajstić information content (AvgIpc) is 3.15. The number of rotatable bonds is 5. The van der Waals surface area contributed by atoms with Gasteiger partial charge in [0.1, 0.15) is 0 Å². The van der Waals surface area contributed by atoms with Crippen LogP contribution >= 0.6 is 0 Å². The zero-order chi connectivity index (χ0) is 14.7. The van der Waals surface area contributed by atoms with E-state index >= 15 is 0 Å². The maximum Gasteiger partial charge on any atom is 0.0414 e. The number of hydrogen-bond donors (Lipinski definition) is 1. The molecule has 1 aromatic carbocycles. The summed E-state index contributed by atoms with van der Waals surface area (Å²) in [6.07, 6.45) is 8.58. The van der Waals surface area contributed by atoms with E-state index in [2.05, 4.69) is 42.3 Å². The number of benzene rings is 1. The van der Waals surface area contributed by atoms with Gasteiger partial charge in [-0.25, -0.2) is 0 Å². The van der Waals surface area contributed by atoms with Crippen molar-refractivity contribution in [1.29, 1.82) is 0 Å². The SMILES string of the molecule is CCNCc1cc(C)ccc1N1CCCC1C1CCCC1. The molecular weight excluding hydrogens is 256 g/mol. The van der Waals surface area contributed by atoms with Gasteiger partial charge < -0.3 is 10.2 Å². The zero-order valence-electron chi connectivity index (χ0n) is 13.7. The molecule has 0 spiro atoms. The van der Waals surface area contributed by atoms with Crippen LogP contribution in [0.3, 0.4) is 0 Å². The summed E-state index contributed by atoms with van der Waals surface area (Å²) < 4.78 is 0. The Morgan fingerprint density at radius 3 is 2.71 bits per heavy atom. The Bertz CT molecular complexity index is 463. The summed E-state index contributed by atoms with van der Waals surface area (Å²) in [5, 5.41) is 3.51. The van der Waals surface area contributed by atoms with E-state index in [1.54, 1.807) is 0 Å². The first-order valence-corrected chi connectivity index (χ1v) is 8.86. The molecule has 2 fully saturated rings. The minimum Gasteiger partial charge on any atom is -0.368 e. The van der Waals surface area contributed by atoms with Gasteiger partial charge in [0.2, 0.25) is 0 Å². The molecule has 116 valence electrons. The number of anilines is 1. The van der Waals surface area contributed by atoms with E-state index in [1.807, 2.05) is 0 Å². The van der Waals surface area contributed by atoms with Crippen molar-refractivity contribution in [3.05, 3.63) is 29.3 Å². The van der Waals surface area contributed by atoms with Gasteiger partial charge in [-0.2, -0.15) is 0 Å². The lowest BCUT2D eigenvalue weighted by molar-refractivity contribution is 0.430. The molecule has 2 heteroatoms. The molecule has 1 aliphatic heterocycles. The van der Waals surface area contributed by atoms with E-state index in [9.17, 15) is 0 Å². The molecule has 0 bridgehead atoms. The minimum atomic E-state index is 0.801. The molecule has 1 saturated heterocycles. The van der Waals surface area contributed by atoms with Crippen molar-refractivity contribution < 1.29 is 0 Å². The van der Waals surface area contributed by atoms with E-state index < -0.39 is 0 Å². The van der Waals surface area contributed by atoms with Crippen molar-refractivity contribution in [2.24, 2.45) is 5.92 Å². The van der Waals surface area contributed by atoms with Gasteiger partial charge in [0.05, 0.1) is 0 Å². The van der Waals surface area contributed by atoms with Gasteiger partial charge in [0, 0.05) is 24.8 Å². The van der Waals surface area contributed by atoms with E-state index in [1.165, 1.54) is 61.9 Å². The summed E-state index contributed by atoms with van der Waals surface area (Å²) in [4.78, 5) is 2.74. The molecule has 3 rings (SSSR count). The Balaban J connectivity index is 1.83. The lowest BCUT2D eigenvalue weighted by Gasteiger charge is -2.33. The van der Waals surface area contributed by atoms with Crippen LogP contribution in [-0.4, -0.2) is 19.1 Å². The molecule has 1 heterocycles. The smallest absolute Gasteiger partial charge is 0.0414 e. The fourth-order valence-corrected chi connectivity index (χ4v) is 4.32. The predicted molar refractivity (Wildman–Crippen MR) is 90.9 cm³/mol. The third kappa shape index (κ3) is 3.26. The summed E-state index contributed by atoms with van der Waals surface area (Å²) >= 11 is 0. The molecule has 1 atom stereocenters. The van der Waals surface area contributed by atoms with Crippen LogP contribution in [0.4, 0.5) is 5.69 Å². The minimum absolute atomic E-state index is 0.801. The van der Waals surface area contributed by atoms with Crippen LogP contribution in [0.15, 0.2) is 18.2 Å². The predicted octanol–water partition coefficient (Wildman–Crippen LogP) is 4.26. The van der Waals surface area contributed by atoms with Crippen LogP contribution < -0.4 is 10.2 Å². The van der Waals surface area contributed by atoms with Crippen LogP contribution in [0.5, 0.6) is 0 Å². The lowest BCUT2D eigenvalue weighted by atomic mass is 9.95. The van der Waals surface area contributed by atoms with Crippen molar-refractivity contribution in [3.63, 3.8) is 0 Å². The molecule has 0 radical (unpaired) electrons. The maximum absolute atomic E-state index is 3.51. The number of nitrogens with one attached hydrogen (secondary N) is 1. The second-order valence-corrected chi connectivity index (χ2v) is 6.86. The van der Waals surface area contributed by atoms with Gasteiger partial charge in [0.25, 0.3) is 0 Å². The third-order valence-electron chi connectivity index (χ3n) is 5.35. The van der Waals surface area contributed by atoms with Gasteiger partial charge >= 0.3 is 0 Å². The summed E-state index contributed by atoms with van der Waals surface area (Å²) in [7, 11) is 0. The average molecular weight is 286 g/mol. The largest absolute Gasteiger partial charge is 0.368 e. The number of nitrogens with zero attached hydrogens (tertiary/aromatic N) is 1. The van der Waals surface area contributed by atoms with Crippen molar-refractivity contribution in [1.82, 2.24) is 5.32 Å². The van der Waals surface area contributed by atoms with E-state index in [4.69, 9.17) is 0 Å². The molecule has 1 unspecified atom stereocenters. The topological polar surface area (TPSA) is 15.3 Å². The standard InChI is InChI=1S/C19H30N2/c1-3-20-14-17-13-15(2)10-11-19(17)21-12-6-9-18(21)16-7-4-5-8-16/h10-11,13,16,18,20H,3-9,12,14H2,1-2H3. The fraction of sp³-hybridized carbons (Fsp3) is 0.684. The summed E-state index contributed by atoms with van der Waals surface area (Å²) in [6, 6.07) is 7.84. The maximum atomic E-state index is 3.51. The Morgan fingerprint density at radius 2 is 1.95 bits per heavy atom. The molecule has 2 nitrogen and oxygen atoms in total. The quantitative estimate of drug-likeness (QED) is 0.870. The molecule has 1 aromatic rings. The van der Waals surface area contributed by atoms with E-state index in [-0.39, 0.29) is 0 Å². The monoisotopic (exact) mass is 286 g/mol. The van der Waals surface area contributed by atoms with Gasteiger partial charge in [-0.1, -0.05) is 37.5 Å². The Hall–Kier alpha value is -1.02. The highest BCUT2D eigenvalue weighted by Gasteiger charge is 2.34. The number of hydrogen-bond acceptors (Lipinski definition) is 2. The van der Waals surface area contributed by atoms with Crippen molar-refractivity contribution in [2.75, 3.05) is 18.0 Å². The van der Waals surface area contributed by atoms with Crippen molar-refractivity contribution >= 4 is 5.69 Å². The van der Waals surface area contributed by atoms with Crippen molar-refractivity contribution in [2.45, 2.75) is 65.0 Å². The second kappa shape index (κ2) is 6.83. The summed E-state index contributed by atoms with van der Waals surface area (Å²) in [5.74, 6) is 0.945. The third-order valence-corrected chi connectivity index (χ3v) is 5.35. The Morgan fingerprint density at radius 1 is 1.14 bits per heavy atom. The van der Waals surface area contributed by atoms with E-state index in [0.717, 1.165) is 25.0 Å². The fourth-order valence-electron chi connectivity index (χ4n) is 4.32. The first-order chi connectivity index (χ1) is 10.3. The first kappa shape index (κ1) is 14.9. The van der Waals surface area contributed by atoms with Gasteiger partial charge in [-0.15, -0.1) is 0 Å². The highest BCUT2D eigenvalue weighted by molar-refractivity contribution is 5.56. The van der Waals surface area contributed by atoms with Crippen molar-refractivity contribution in [3.8, 4) is 0 Å². The lowest BCUT2D eigenvalue weighted by Crippen LogP contribution is -2.35. The Labute approximate surface area is 129 Å². The molecule has 1 N–H and O–H groups in total. The van der Waals surface area contributed by atoms with Gasteiger partial charge in [-0.05, 0) is 56.7 Å². The molecule has 2 aliphatic rings. The van der Waals surface area contributed by atoms with E-state index in [0.29, 0.717) is 0 Å². The summed E-state index contributed by atoms with van der Waals surface area (Å²) in [6.45, 7) is 7.69. The highest BCUT2D eigenvalue weighted by atomic mass is 15.2. The second-order valence-electron chi connectivity index (χ2n) is 6.86. The first-order valence-electron chi connectivity index (χ1n) is 8.86. The zero-order valence-corrected chi connectivity index (χ0v) is 13.7. The molecule has 21 heavy (non-hydrogen) atoms. The highest BCUT2D eigenvalue weighted by Crippen LogP contribution is 2.38. The van der Waals surface area contributed by atoms with Crippen LogP contribution in [-0.2, 0) is 6.54 Å².